The van der Waals surface area contributed by atoms with Crippen LogP contribution >= 0.6 is 0 Å². The number of aliphatic hydroxyl groups excluding tert-OH is 1. The molecule has 4 saturated carbocycles. The van der Waals surface area contributed by atoms with E-state index in [1.807, 2.05) is 6.07 Å². The molecular weight excluding hydrogens is 344 g/mol. The van der Waals surface area contributed by atoms with Crippen molar-refractivity contribution in [2.24, 2.45) is 23.2 Å². The summed E-state index contributed by atoms with van der Waals surface area (Å²) in [5.41, 5.74) is 2.39. The summed E-state index contributed by atoms with van der Waals surface area (Å²) in [6.45, 7) is 0.225. The van der Waals surface area contributed by atoms with E-state index in [-0.39, 0.29) is 12.0 Å². The molecule has 0 amide bonds. The van der Waals surface area contributed by atoms with E-state index in [4.69, 9.17) is 5.11 Å². The van der Waals surface area contributed by atoms with Crippen LogP contribution < -0.4 is 0 Å². The Bertz CT molecular complexity index is 775. The van der Waals surface area contributed by atoms with Crippen molar-refractivity contribution < 1.29 is 10.2 Å². The first kappa shape index (κ1) is 18.4. The summed E-state index contributed by atoms with van der Waals surface area (Å²) in [4.78, 5) is 0. The third-order valence-corrected chi connectivity index (χ3v) is 7.99. The molecule has 1 atom stereocenters. The maximum Gasteiger partial charge on any atom is 0.120 e. The van der Waals surface area contributed by atoms with Gasteiger partial charge in [0, 0.05) is 12.0 Å². The second-order valence-corrected chi connectivity index (χ2v) is 9.80. The zero-order valence-corrected chi connectivity index (χ0v) is 16.7. The summed E-state index contributed by atoms with van der Waals surface area (Å²) >= 11 is 0. The van der Waals surface area contributed by atoms with Crippen LogP contribution in [0.3, 0.4) is 0 Å². The van der Waals surface area contributed by atoms with Gasteiger partial charge in [-0.3, -0.25) is 0 Å². The van der Waals surface area contributed by atoms with Crippen molar-refractivity contribution in [3.8, 4) is 0 Å². The molecule has 0 aromatic heterocycles. The van der Waals surface area contributed by atoms with E-state index >= 15 is 0 Å². The van der Waals surface area contributed by atoms with E-state index in [9.17, 15) is 5.11 Å². The van der Waals surface area contributed by atoms with E-state index < -0.39 is 5.60 Å². The topological polar surface area (TPSA) is 40.5 Å². The number of aryl methyl sites for hydroxylation is 1. The van der Waals surface area contributed by atoms with Crippen LogP contribution in [0.4, 0.5) is 0 Å². The monoisotopic (exact) mass is 376 g/mol. The highest BCUT2D eigenvalue weighted by molar-refractivity contribution is 5.41. The van der Waals surface area contributed by atoms with E-state index in [0.717, 1.165) is 61.0 Å². The molecule has 1 unspecified atom stereocenters. The van der Waals surface area contributed by atoms with Gasteiger partial charge in [-0.25, -0.2) is 0 Å². The molecule has 0 radical (unpaired) electrons. The summed E-state index contributed by atoms with van der Waals surface area (Å²) in [6, 6.07) is 19.0. The van der Waals surface area contributed by atoms with Crippen LogP contribution in [0.2, 0.25) is 0 Å². The van der Waals surface area contributed by atoms with E-state index in [0.29, 0.717) is 0 Å². The lowest BCUT2D eigenvalue weighted by Crippen LogP contribution is -2.57. The maximum atomic E-state index is 12.5. The molecule has 28 heavy (non-hydrogen) atoms. The highest BCUT2D eigenvalue weighted by Gasteiger charge is 2.61. The molecule has 0 saturated heterocycles. The molecular formula is C26H32O2. The lowest BCUT2D eigenvalue weighted by molar-refractivity contribution is -0.164. The molecule has 4 aliphatic rings. The normalized spacial score (nSPS) is 33.0. The van der Waals surface area contributed by atoms with Crippen LogP contribution in [0.5, 0.6) is 0 Å². The Morgan fingerprint density at radius 3 is 1.86 bits per heavy atom. The first-order valence-corrected chi connectivity index (χ1v) is 11.1. The van der Waals surface area contributed by atoms with Gasteiger partial charge in [-0.2, -0.15) is 0 Å². The molecule has 2 N–H and O–H groups in total. The summed E-state index contributed by atoms with van der Waals surface area (Å²) in [5, 5.41) is 21.7. The number of benzene rings is 2. The van der Waals surface area contributed by atoms with Crippen molar-refractivity contribution >= 4 is 0 Å². The zero-order valence-electron chi connectivity index (χ0n) is 16.7. The lowest BCUT2D eigenvalue weighted by atomic mass is 9.44. The van der Waals surface area contributed by atoms with E-state index in [1.54, 1.807) is 0 Å². The van der Waals surface area contributed by atoms with Gasteiger partial charge in [0.1, 0.15) is 5.60 Å². The fourth-order valence-electron chi connectivity index (χ4n) is 7.21. The molecule has 0 spiro atoms. The molecule has 0 aliphatic heterocycles. The van der Waals surface area contributed by atoms with E-state index in [1.165, 1.54) is 24.8 Å². The van der Waals surface area contributed by atoms with Gasteiger partial charge in [-0.15, -0.1) is 0 Å². The SMILES string of the molecule is OCCCc1ccc(C(O)(c2ccccc2)C23CC4CC(CC(C4)C2)C3)cc1. The van der Waals surface area contributed by atoms with Crippen molar-refractivity contribution in [1.29, 1.82) is 0 Å². The van der Waals surface area contributed by atoms with Crippen molar-refractivity contribution in [2.75, 3.05) is 6.61 Å². The van der Waals surface area contributed by atoms with Crippen LogP contribution in [-0.2, 0) is 12.0 Å². The lowest BCUT2D eigenvalue weighted by Gasteiger charge is -2.62. The highest BCUT2D eigenvalue weighted by atomic mass is 16.3. The van der Waals surface area contributed by atoms with Crippen molar-refractivity contribution in [3.05, 3.63) is 71.3 Å². The fraction of sp³-hybridized carbons (Fsp3) is 0.538. The van der Waals surface area contributed by atoms with Gasteiger partial charge in [-0.05, 0) is 85.8 Å². The van der Waals surface area contributed by atoms with Crippen LogP contribution in [-0.4, -0.2) is 16.8 Å². The maximum absolute atomic E-state index is 12.5. The van der Waals surface area contributed by atoms with Gasteiger partial charge in [0.05, 0.1) is 0 Å². The number of hydrogen-bond donors (Lipinski definition) is 2. The van der Waals surface area contributed by atoms with Gasteiger partial charge in [0.15, 0.2) is 0 Å². The number of aliphatic hydroxyl groups is 2. The standard InChI is InChI=1S/C26H32O2/c27-12-4-5-19-8-10-24(11-9-19)26(28,23-6-2-1-3-7-23)25-16-20-13-21(17-25)15-22(14-20)18-25/h1-3,6-11,20-22,27-28H,4-5,12-18H2. The van der Waals surface area contributed by atoms with Crippen LogP contribution in [0.25, 0.3) is 0 Å². The Balaban J connectivity index is 1.59. The summed E-state index contributed by atoms with van der Waals surface area (Å²) in [6.07, 6.45) is 9.30. The summed E-state index contributed by atoms with van der Waals surface area (Å²) in [7, 11) is 0. The van der Waals surface area contributed by atoms with Gasteiger partial charge in [-0.1, -0.05) is 54.6 Å². The quantitative estimate of drug-likeness (QED) is 0.739. The molecule has 2 heteroatoms. The summed E-state index contributed by atoms with van der Waals surface area (Å²) in [5.74, 6) is 2.39. The van der Waals surface area contributed by atoms with Crippen LogP contribution in [0.1, 0.15) is 61.6 Å². The fourth-order valence-corrected chi connectivity index (χ4v) is 7.21. The number of hydrogen-bond acceptors (Lipinski definition) is 2. The first-order chi connectivity index (χ1) is 13.6. The molecule has 0 heterocycles. The molecule has 2 nitrogen and oxygen atoms in total. The zero-order chi connectivity index (χ0) is 19.2. The van der Waals surface area contributed by atoms with Gasteiger partial charge < -0.3 is 10.2 Å². The van der Waals surface area contributed by atoms with Gasteiger partial charge >= 0.3 is 0 Å². The Morgan fingerprint density at radius 2 is 1.32 bits per heavy atom. The Kier molecular flexibility index (Phi) is 4.60. The molecule has 4 fully saturated rings. The second kappa shape index (κ2) is 7.00. The predicted molar refractivity (Wildman–Crippen MR) is 112 cm³/mol. The largest absolute Gasteiger partial charge is 0.396 e. The number of rotatable bonds is 6. The minimum atomic E-state index is -0.917. The molecule has 2 aromatic rings. The average molecular weight is 377 g/mol. The second-order valence-electron chi connectivity index (χ2n) is 9.80. The van der Waals surface area contributed by atoms with E-state index in [2.05, 4.69) is 48.5 Å². The third-order valence-electron chi connectivity index (χ3n) is 7.99. The first-order valence-electron chi connectivity index (χ1n) is 11.1. The molecule has 148 valence electrons. The minimum absolute atomic E-state index is 0.0320. The summed E-state index contributed by atoms with van der Waals surface area (Å²) < 4.78 is 0. The van der Waals surface area contributed by atoms with Gasteiger partial charge in [0.25, 0.3) is 0 Å². The van der Waals surface area contributed by atoms with Crippen molar-refractivity contribution in [2.45, 2.75) is 57.0 Å². The Hall–Kier alpha value is -1.64. The molecule has 6 rings (SSSR count). The Labute approximate surface area is 168 Å². The van der Waals surface area contributed by atoms with Crippen LogP contribution in [0, 0.1) is 23.2 Å². The van der Waals surface area contributed by atoms with Crippen LogP contribution in [0.15, 0.2) is 54.6 Å². The third kappa shape index (κ3) is 2.84. The smallest absolute Gasteiger partial charge is 0.120 e. The Morgan fingerprint density at radius 1 is 0.786 bits per heavy atom. The van der Waals surface area contributed by atoms with Crippen molar-refractivity contribution in [3.63, 3.8) is 0 Å². The van der Waals surface area contributed by atoms with Gasteiger partial charge in [0.2, 0.25) is 0 Å². The molecule has 4 bridgehead atoms. The molecule has 2 aromatic carbocycles. The minimum Gasteiger partial charge on any atom is -0.396 e. The van der Waals surface area contributed by atoms with Crippen molar-refractivity contribution in [1.82, 2.24) is 0 Å². The average Bonchev–Trinajstić information content (AvgIpc) is 2.71. The predicted octanol–water partition coefficient (Wildman–Crippen LogP) is 5.06. The molecule has 4 aliphatic carbocycles. The highest BCUT2D eigenvalue weighted by Crippen LogP contribution is 2.67.